The van der Waals surface area contributed by atoms with E-state index in [1.807, 2.05) is 19.2 Å². The lowest BCUT2D eigenvalue weighted by atomic mass is 10.3. The zero-order valence-electron chi connectivity index (χ0n) is 10.2. The summed E-state index contributed by atoms with van der Waals surface area (Å²) in [5.74, 6) is 0.374. The molecule has 8 heteroatoms. The first kappa shape index (κ1) is 13.3. The van der Waals surface area contributed by atoms with Crippen LogP contribution in [0.4, 0.5) is 11.5 Å². The smallest absolute Gasteiger partial charge is 0.276 e. The minimum Gasteiger partial charge on any atom is -0.365 e. The fraction of sp³-hybridized carbons (Fsp3) is 0.273. The standard InChI is InChI=1S/C11H12ClN5O2/c1-8(7-16-4-2-3-13-16)14-11-6-9(17(18)19)5-10(12)15-11/h2-6,8H,7H2,1H3,(H,14,15). The first-order valence-corrected chi connectivity index (χ1v) is 5.98. The SMILES string of the molecule is CC(Cn1cccn1)Nc1cc([N+](=O)[O-])cc(Cl)n1. The Labute approximate surface area is 114 Å². The zero-order valence-corrected chi connectivity index (χ0v) is 10.9. The highest BCUT2D eigenvalue weighted by Gasteiger charge is 2.12. The molecule has 2 rings (SSSR count). The quantitative estimate of drug-likeness (QED) is 0.516. The van der Waals surface area contributed by atoms with Crippen LogP contribution in [-0.4, -0.2) is 25.7 Å². The number of hydrogen-bond donors (Lipinski definition) is 1. The summed E-state index contributed by atoms with van der Waals surface area (Å²) >= 11 is 5.75. The molecule has 0 saturated carbocycles. The summed E-state index contributed by atoms with van der Waals surface area (Å²) in [5.41, 5.74) is -0.0891. The third-order valence-electron chi connectivity index (χ3n) is 2.40. The van der Waals surface area contributed by atoms with Crippen molar-refractivity contribution in [3.63, 3.8) is 0 Å². The number of rotatable bonds is 5. The van der Waals surface area contributed by atoms with Crippen molar-refractivity contribution in [2.75, 3.05) is 5.32 Å². The van der Waals surface area contributed by atoms with E-state index < -0.39 is 4.92 Å². The number of anilines is 1. The molecule has 7 nitrogen and oxygen atoms in total. The van der Waals surface area contributed by atoms with Gasteiger partial charge in [-0.2, -0.15) is 5.10 Å². The van der Waals surface area contributed by atoms with Gasteiger partial charge in [0.1, 0.15) is 11.0 Å². The molecule has 1 unspecified atom stereocenters. The molecule has 1 atom stereocenters. The Morgan fingerprint density at radius 1 is 1.58 bits per heavy atom. The molecule has 2 aromatic rings. The topological polar surface area (TPSA) is 85.9 Å². The van der Waals surface area contributed by atoms with E-state index in [4.69, 9.17) is 11.6 Å². The second-order valence-electron chi connectivity index (χ2n) is 4.06. The number of halogens is 1. The maximum atomic E-state index is 10.7. The van der Waals surface area contributed by atoms with Crippen molar-refractivity contribution < 1.29 is 4.92 Å². The van der Waals surface area contributed by atoms with Crippen molar-refractivity contribution in [3.8, 4) is 0 Å². The Kier molecular flexibility index (Phi) is 3.96. The number of pyridine rings is 1. The molecular formula is C11H12ClN5O2. The molecule has 0 amide bonds. The van der Waals surface area contributed by atoms with Gasteiger partial charge in [-0.3, -0.25) is 14.8 Å². The van der Waals surface area contributed by atoms with Gasteiger partial charge in [0.05, 0.1) is 23.6 Å². The predicted molar refractivity (Wildman–Crippen MR) is 71.2 cm³/mol. The van der Waals surface area contributed by atoms with Crippen molar-refractivity contribution >= 4 is 23.1 Å². The van der Waals surface area contributed by atoms with Crippen LogP contribution in [0.3, 0.4) is 0 Å². The average molecular weight is 282 g/mol. The largest absolute Gasteiger partial charge is 0.365 e. The van der Waals surface area contributed by atoms with Crippen LogP contribution >= 0.6 is 11.6 Å². The molecule has 0 aliphatic rings. The summed E-state index contributed by atoms with van der Waals surface area (Å²) in [6, 6.07) is 4.40. The lowest BCUT2D eigenvalue weighted by molar-refractivity contribution is -0.384. The second kappa shape index (κ2) is 5.66. The zero-order chi connectivity index (χ0) is 13.8. The van der Waals surface area contributed by atoms with Crippen LogP contribution in [-0.2, 0) is 6.54 Å². The normalized spacial score (nSPS) is 12.1. The molecule has 100 valence electrons. The summed E-state index contributed by atoms with van der Waals surface area (Å²) in [6.45, 7) is 2.55. The molecule has 2 aromatic heterocycles. The van der Waals surface area contributed by atoms with Crippen LogP contribution in [0.5, 0.6) is 0 Å². The molecule has 1 N–H and O–H groups in total. The van der Waals surface area contributed by atoms with Crippen LogP contribution in [0.15, 0.2) is 30.6 Å². The Bertz CT molecular complexity index is 572. The van der Waals surface area contributed by atoms with Gasteiger partial charge >= 0.3 is 0 Å². The fourth-order valence-electron chi connectivity index (χ4n) is 1.65. The van der Waals surface area contributed by atoms with E-state index in [1.165, 1.54) is 12.1 Å². The molecule has 0 aliphatic heterocycles. The van der Waals surface area contributed by atoms with Crippen LogP contribution in [0, 0.1) is 10.1 Å². The first-order chi connectivity index (χ1) is 9.04. The van der Waals surface area contributed by atoms with E-state index in [0.717, 1.165) is 0 Å². The van der Waals surface area contributed by atoms with Gasteiger partial charge in [0.25, 0.3) is 5.69 Å². The van der Waals surface area contributed by atoms with Crippen molar-refractivity contribution in [2.24, 2.45) is 0 Å². The lowest BCUT2D eigenvalue weighted by Gasteiger charge is -2.14. The van der Waals surface area contributed by atoms with Crippen LogP contribution in [0.25, 0.3) is 0 Å². The number of aromatic nitrogens is 3. The highest BCUT2D eigenvalue weighted by Crippen LogP contribution is 2.21. The van der Waals surface area contributed by atoms with E-state index in [1.54, 1.807) is 10.9 Å². The van der Waals surface area contributed by atoms with Crippen molar-refractivity contribution in [1.29, 1.82) is 0 Å². The van der Waals surface area contributed by atoms with Gasteiger partial charge in [0.15, 0.2) is 0 Å². The molecule has 0 spiro atoms. The molecule has 0 radical (unpaired) electrons. The highest BCUT2D eigenvalue weighted by atomic mass is 35.5. The van der Waals surface area contributed by atoms with Gasteiger partial charge < -0.3 is 5.32 Å². The maximum absolute atomic E-state index is 10.7. The van der Waals surface area contributed by atoms with Gasteiger partial charge in [-0.05, 0) is 13.0 Å². The van der Waals surface area contributed by atoms with E-state index in [-0.39, 0.29) is 16.9 Å². The number of nitro groups is 1. The Morgan fingerprint density at radius 3 is 3.00 bits per heavy atom. The molecule has 0 fully saturated rings. The van der Waals surface area contributed by atoms with E-state index >= 15 is 0 Å². The van der Waals surface area contributed by atoms with Gasteiger partial charge in [-0.25, -0.2) is 4.98 Å². The van der Waals surface area contributed by atoms with E-state index in [2.05, 4.69) is 15.4 Å². The van der Waals surface area contributed by atoms with Gasteiger partial charge in [0.2, 0.25) is 0 Å². The number of nitrogens with one attached hydrogen (secondary N) is 1. The van der Waals surface area contributed by atoms with E-state index in [9.17, 15) is 10.1 Å². The monoisotopic (exact) mass is 281 g/mol. The third kappa shape index (κ3) is 3.65. The van der Waals surface area contributed by atoms with Crippen LogP contribution < -0.4 is 5.32 Å². The molecule has 19 heavy (non-hydrogen) atoms. The minimum absolute atomic E-state index is 0.00507. The summed E-state index contributed by atoms with van der Waals surface area (Å²) < 4.78 is 1.76. The fourth-order valence-corrected chi connectivity index (χ4v) is 1.85. The molecule has 0 bridgehead atoms. The van der Waals surface area contributed by atoms with Gasteiger partial charge in [0, 0.05) is 18.4 Å². The average Bonchev–Trinajstić information content (AvgIpc) is 2.80. The molecule has 0 aromatic carbocycles. The Balaban J connectivity index is 2.08. The van der Waals surface area contributed by atoms with Gasteiger partial charge in [-0.15, -0.1) is 0 Å². The molecule has 0 aliphatic carbocycles. The molecule has 2 heterocycles. The number of nitrogens with zero attached hydrogens (tertiary/aromatic N) is 4. The molecule has 0 saturated heterocycles. The predicted octanol–water partition coefficient (Wildman–Crippen LogP) is 2.34. The minimum atomic E-state index is -0.503. The van der Waals surface area contributed by atoms with Crippen molar-refractivity contribution in [3.05, 3.63) is 45.9 Å². The second-order valence-corrected chi connectivity index (χ2v) is 4.45. The van der Waals surface area contributed by atoms with Gasteiger partial charge in [-0.1, -0.05) is 11.6 Å². The van der Waals surface area contributed by atoms with E-state index in [0.29, 0.717) is 12.4 Å². The summed E-state index contributed by atoms with van der Waals surface area (Å²) in [4.78, 5) is 14.2. The first-order valence-electron chi connectivity index (χ1n) is 5.60. The third-order valence-corrected chi connectivity index (χ3v) is 2.60. The summed E-state index contributed by atoms with van der Waals surface area (Å²) in [6.07, 6.45) is 3.53. The highest BCUT2D eigenvalue weighted by molar-refractivity contribution is 6.29. The molecular weight excluding hydrogens is 270 g/mol. The van der Waals surface area contributed by atoms with Crippen molar-refractivity contribution in [1.82, 2.24) is 14.8 Å². The van der Waals surface area contributed by atoms with Crippen molar-refractivity contribution in [2.45, 2.75) is 19.5 Å². The Morgan fingerprint density at radius 2 is 2.37 bits per heavy atom. The Hall–Kier alpha value is -2.15. The summed E-state index contributed by atoms with van der Waals surface area (Å²) in [7, 11) is 0. The lowest BCUT2D eigenvalue weighted by Crippen LogP contribution is -2.22. The van der Waals surface area contributed by atoms with Crippen LogP contribution in [0.1, 0.15) is 6.92 Å². The maximum Gasteiger partial charge on any atom is 0.276 e. The summed E-state index contributed by atoms with van der Waals surface area (Å²) in [5, 5.41) is 17.9. The van der Waals surface area contributed by atoms with Crippen LogP contribution in [0.2, 0.25) is 5.15 Å². The number of hydrogen-bond acceptors (Lipinski definition) is 5.